The van der Waals surface area contributed by atoms with Gasteiger partial charge < -0.3 is 9.84 Å². The molecular weight excluding hydrogens is 262 g/mol. The first-order valence-electron chi connectivity index (χ1n) is 6.59. The number of aromatic nitrogens is 2. The van der Waals surface area contributed by atoms with Crippen LogP contribution in [0.3, 0.4) is 0 Å². The highest BCUT2D eigenvalue weighted by Crippen LogP contribution is 2.34. The third-order valence-corrected chi connectivity index (χ3v) is 4.13. The molecule has 0 bridgehead atoms. The van der Waals surface area contributed by atoms with E-state index in [1.165, 1.54) is 0 Å². The van der Waals surface area contributed by atoms with E-state index in [4.69, 9.17) is 16.1 Å². The summed E-state index contributed by atoms with van der Waals surface area (Å²) >= 11 is 6.16. The van der Waals surface area contributed by atoms with Gasteiger partial charge in [-0.1, -0.05) is 35.8 Å². The van der Waals surface area contributed by atoms with E-state index in [0.29, 0.717) is 16.7 Å². The summed E-state index contributed by atoms with van der Waals surface area (Å²) in [5.41, 5.74) is 0.649. The van der Waals surface area contributed by atoms with Crippen LogP contribution in [0.4, 0.5) is 0 Å². The lowest BCUT2D eigenvalue weighted by molar-refractivity contribution is 0.250. The lowest BCUT2D eigenvalue weighted by atomic mass is 9.94. The number of rotatable bonds is 3. The Hall–Kier alpha value is -1.39. The van der Waals surface area contributed by atoms with Gasteiger partial charge in [-0.25, -0.2) is 0 Å². The number of hydrogen-bond acceptors (Lipinski definition) is 4. The van der Waals surface area contributed by atoms with E-state index in [0.717, 1.165) is 31.4 Å². The second-order valence-corrected chi connectivity index (χ2v) is 5.28. The second kappa shape index (κ2) is 4.94. The molecule has 1 aromatic heterocycles. The Balaban J connectivity index is 1.98. The minimum Gasteiger partial charge on any atom is -0.337 e. The Morgan fingerprint density at radius 1 is 1.42 bits per heavy atom. The largest absolute Gasteiger partial charge is 0.337 e. The average Bonchev–Trinajstić information content (AvgIpc) is 3.09. The predicted octanol–water partition coefficient (Wildman–Crippen LogP) is 3.38. The van der Waals surface area contributed by atoms with Crippen molar-refractivity contribution in [2.24, 2.45) is 0 Å². The molecule has 100 valence electrons. The molecule has 1 fully saturated rings. The standard InChI is InChI=1S/C14H16ClN3O/c1-2-14(8-5-9-16-14)13-17-12(18-19-13)10-6-3-4-7-11(10)15/h3-4,6-7,16H,2,5,8-9H2,1H3. The van der Waals surface area contributed by atoms with Gasteiger partial charge in [-0.3, -0.25) is 0 Å². The van der Waals surface area contributed by atoms with Crippen molar-refractivity contribution in [3.8, 4) is 11.4 Å². The van der Waals surface area contributed by atoms with E-state index in [1.54, 1.807) is 0 Å². The Kier molecular flexibility index (Phi) is 3.29. The van der Waals surface area contributed by atoms with Gasteiger partial charge in [0.25, 0.3) is 0 Å². The SMILES string of the molecule is CCC1(c2nc(-c3ccccc3Cl)no2)CCCN1. The molecule has 2 heterocycles. The van der Waals surface area contributed by atoms with Gasteiger partial charge in [-0.15, -0.1) is 0 Å². The van der Waals surface area contributed by atoms with E-state index < -0.39 is 0 Å². The van der Waals surface area contributed by atoms with Crippen LogP contribution in [-0.2, 0) is 5.54 Å². The minimum absolute atomic E-state index is 0.160. The maximum atomic E-state index is 6.16. The Labute approximate surface area is 117 Å². The van der Waals surface area contributed by atoms with Crippen LogP contribution in [0.25, 0.3) is 11.4 Å². The highest BCUT2D eigenvalue weighted by atomic mass is 35.5. The molecule has 1 N–H and O–H groups in total. The number of halogens is 1. The smallest absolute Gasteiger partial charge is 0.247 e. The molecule has 0 amide bonds. The van der Waals surface area contributed by atoms with Crippen LogP contribution >= 0.6 is 11.6 Å². The fourth-order valence-electron chi connectivity index (χ4n) is 2.61. The molecule has 19 heavy (non-hydrogen) atoms. The molecule has 0 radical (unpaired) electrons. The summed E-state index contributed by atoms with van der Waals surface area (Å²) in [7, 11) is 0. The summed E-state index contributed by atoms with van der Waals surface area (Å²) in [6, 6.07) is 7.54. The lowest BCUT2D eigenvalue weighted by Crippen LogP contribution is -2.36. The predicted molar refractivity (Wildman–Crippen MR) is 73.9 cm³/mol. The first-order valence-corrected chi connectivity index (χ1v) is 6.97. The summed E-state index contributed by atoms with van der Waals surface area (Å²) in [4.78, 5) is 4.54. The number of hydrogen-bond donors (Lipinski definition) is 1. The fourth-order valence-corrected chi connectivity index (χ4v) is 2.83. The van der Waals surface area contributed by atoms with E-state index in [-0.39, 0.29) is 5.54 Å². The molecular formula is C14H16ClN3O. The lowest BCUT2D eigenvalue weighted by Gasteiger charge is -2.22. The molecule has 1 aliphatic heterocycles. The Bertz CT molecular complexity index is 576. The number of nitrogens with one attached hydrogen (secondary N) is 1. The van der Waals surface area contributed by atoms with E-state index in [9.17, 15) is 0 Å². The third-order valence-electron chi connectivity index (χ3n) is 3.80. The van der Waals surface area contributed by atoms with Gasteiger partial charge in [0.1, 0.15) is 0 Å². The fraction of sp³-hybridized carbons (Fsp3) is 0.429. The van der Waals surface area contributed by atoms with Gasteiger partial charge in [-0.05, 0) is 37.9 Å². The van der Waals surface area contributed by atoms with Crippen molar-refractivity contribution in [2.75, 3.05) is 6.54 Å². The van der Waals surface area contributed by atoms with Gasteiger partial charge in [0.05, 0.1) is 10.6 Å². The van der Waals surface area contributed by atoms with Gasteiger partial charge >= 0.3 is 0 Å². The van der Waals surface area contributed by atoms with Gasteiger partial charge in [0.2, 0.25) is 11.7 Å². The molecule has 0 spiro atoms. The molecule has 3 rings (SSSR count). The Morgan fingerprint density at radius 3 is 2.95 bits per heavy atom. The zero-order chi connectivity index (χ0) is 13.3. The average molecular weight is 278 g/mol. The van der Waals surface area contributed by atoms with E-state index in [1.807, 2.05) is 24.3 Å². The van der Waals surface area contributed by atoms with Crippen LogP contribution in [-0.4, -0.2) is 16.7 Å². The quantitative estimate of drug-likeness (QED) is 0.934. The maximum absolute atomic E-state index is 6.16. The molecule has 1 saturated heterocycles. The molecule has 2 aromatic rings. The van der Waals surface area contributed by atoms with Crippen LogP contribution in [0.15, 0.2) is 28.8 Å². The van der Waals surface area contributed by atoms with Gasteiger partial charge in [0.15, 0.2) is 0 Å². The highest BCUT2D eigenvalue weighted by molar-refractivity contribution is 6.33. The molecule has 1 unspecified atom stereocenters. The monoisotopic (exact) mass is 277 g/mol. The molecule has 4 nitrogen and oxygen atoms in total. The minimum atomic E-state index is -0.160. The van der Waals surface area contributed by atoms with Crippen LogP contribution in [0, 0.1) is 0 Å². The summed E-state index contributed by atoms with van der Waals surface area (Å²) in [5, 5.41) is 8.20. The van der Waals surface area contributed by atoms with Crippen LogP contribution < -0.4 is 5.32 Å². The van der Waals surface area contributed by atoms with Crippen molar-refractivity contribution in [2.45, 2.75) is 31.7 Å². The summed E-state index contributed by atoms with van der Waals surface area (Å²) in [5.74, 6) is 1.23. The Morgan fingerprint density at radius 2 is 2.26 bits per heavy atom. The van der Waals surface area contributed by atoms with E-state index in [2.05, 4.69) is 22.4 Å². The summed E-state index contributed by atoms with van der Waals surface area (Å²) in [6.45, 7) is 3.13. The van der Waals surface area contributed by atoms with Crippen LogP contribution in [0.2, 0.25) is 5.02 Å². The second-order valence-electron chi connectivity index (χ2n) is 4.87. The van der Waals surface area contributed by atoms with Gasteiger partial charge in [0, 0.05) is 5.56 Å². The van der Waals surface area contributed by atoms with Gasteiger partial charge in [-0.2, -0.15) is 4.98 Å². The molecule has 0 saturated carbocycles. The first-order chi connectivity index (χ1) is 9.25. The summed E-state index contributed by atoms with van der Waals surface area (Å²) < 4.78 is 5.47. The molecule has 5 heteroatoms. The maximum Gasteiger partial charge on any atom is 0.247 e. The van der Waals surface area contributed by atoms with Crippen LogP contribution in [0.1, 0.15) is 32.1 Å². The summed E-state index contributed by atoms with van der Waals surface area (Å²) in [6.07, 6.45) is 3.11. The normalized spacial score (nSPS) is 22.8. The first kappa shape index (κ1) is 12.6. The highest BCUT2D eigenvalue weighted by Gasteiger charge is 2.39. The zero-order valence-corrected chi connectivity index (χ0v) is 11.6. The van der Waals surface area contributed by atoms with Crippen LogP contribution in [0.5, 0.6) is 0 Å². The molecule has 0 aliphatic carbocycles. The molecule has 1 aromatic carbocycles. The number of benzene rings is 1. The molecule has 1 atom stereocenters. The van der Waals surface area contributed by atoms with E-state index >= 15 is 0 Å². The van der Waals surface area contributed by atoms with Crippen molar-refractivity contribution in [3.05, 3.63) is 35.2 Å². The topological polar surface area (TPSA) is 51.0 Å². The van der Waals surface area contributed by atoms with Crippen molar-refractivity contribution in [1.82, 2.24) is 15.5 Å². The van der Waals surface area contributed by atoms with Crippen molar-refractivity contribution < 1.29 is 4.52 Å². The van der Waals surface area contributed by atoms with Crippen molar-refractivity contribution >= 4 is 11.6 Å². The molecule has 1 aliphatic rings. The third kappa shape index (κ3) is 2.15. The van der Waals surface area contributed by atoms with Crippen molar-refractivity contribution in [3.63, 3.8) is 0 Å². The van der Waals surface area contributed by atoms with Crippen molar-refractivity contribution in [1.29, 1.82) is 0 Å². The number of nitrogens with zero attached hydrogens (tertiary/aromatic N) is 2. The zero-order valence-electron chi connectivity index (χ0n) is 10.8.